The first-order valence-electron chi connectivity index (χ1n) is 44.9. The summed E-state index contributed by atoms with van der Waals surface area (Å²) >= 11 is 0. The number of ether oxygens (including phenoxy) is 6. The van der Waals surface area contributed by atoms with Crippen molar-refractivity contribution in [2.45, 2.75) is 158 Å². The summed E-state index contributed by atoms with van der Waals surface area (Å²) in [6.07, 6.45) is 14.8. The number of anilines is 4. The van der Waals surface area contributed by atoms with Crippen LogP contribution in [0, 0.1) is 35.0 Å². The van der Waals surface area contributed by atoms with E-state index in [1.165, 1.54) is 104 Å². The third-order valence-corrected chi connectivity index (χ3v) is 26.7. The number of aliphatic hydroxyl groups excluding tert-OH is 2. The number of carbonyl (C=O) groups excluding carboxylic acids is 6. The normalized spacial score (nSPS) is 17.5. The summed E-state index contributed by atoms with van der Waals surface area (Å²) in [4.78, 5) is 99.1. The first kappa shape index (κ1) is 118. The first-order chi connectivity index (χ1) is 68.9. The van der Waals surface area contributed by atoms with Crippen LogP contribution in [0.5, 0.6) is 0 Å². The molecule has 13 N–H and O–H groups in total. The number of nitrogen functional groups attached to an aromatic ring is 1. The molecule has 0 spiro atoms. The van der Waals surface area contributed by atoms with Gasteiger partial charge in [-0.1, -0.05) is 68.1 Å². The number of halogens is 5. The number of carboxylic acids is 2. The Morgan fingerprint density at radius 3 is 1.30 bits per heavy atom. The Bertz CT molecular complexity index is 7150. The molecule has 0 saturated carbocycles. The lowest BCUT2D eigenvalue weighted by atomic mass is 9.81. The standard InChI is InChI=1S/C24H21FN4O6S2.C21H24FNO5.C19H18FNO4.C14H14FNO2.C10H12FNO2.C7H11N3O4S2.C6H12O3.CH4/c1-24(13-14-5-7-15(25)8-6-14)22(31)20(21(30)18-4-3-11-29(18)24)23-26-17-10-9-16(27-36(2,32)33)12-19(17)37(34,35)28-23;1-4-27-19(25)17(20(26)28-5-2)18(24)21(3,23-12-6-7-13-23)14-15-8-10-16(22)11-9-15;1-3-25-18(24)15-16(22)14-5-4-10-21(14)19(2,17(15)23)11-12-6-8-13(20)9-7-12;1-14(13(17)18,16-8-2-3-9-16)10-11-4-6-12(15)7-5-11;1-10(12,9(13)14)6-7-2-4-8(11)5-3-7;1-15(11,12)10-5-2-3-6(8)7(4-5)16(9,13)14;1-7-5-3-4-6(8-2)9-5;/h3-12,27,30H,13H2,1-2H3,(H,26,28);6-13,17H,4-5,14H2,1-3H3;4-10,22H,3,11H2,1-2H3;2-9H,10H2,1H3,(H,17,18);2-5H,6,12H2,1H3,(H,13,14);2-4,10H,8H2,1H3,(H2,9,13,14);5-6H,3-4H2,1-2H3;1H4/t24-;21-;19-;14-;10-;;;/m00000.../s1. The van der Waals surface area contributed by atoms with Crippen LogP contribution < -0.4 is 31.4 Å². The topological polar surface area (TPSA) is 556 Å². The molecule has 794 valence electrons. The summed E-state index contributed by atoms with van der Waals surface area (Å²) in [5.74, 6) is -11.2. The number of esters is 3. The van der Waals surface area contributed by atoms with Crippen LogP contribution >= 0.6 is 0 Å². The quantitative estimate of drug-likeness (QED) is 0.00499. The molecule has 1 fully saturated rings. The second kappa shape index (κ2) is 50.1. The molecule has 4 aliphatic heterocycles. The highest BCUT2D eigenvalue weighted by molar-refractivity contribution is 7.92. The molecule has 148 heavy (non-hydrogen) atoms. The zero-order valence-electron chi connectivity index (χ0n) is 81.7. The highest BCUT2D eigenvalue weighted by atomic mass is 32.2. The van der Waals surface area contributed by atoms with E-state index in [4.69, 9.17) is 50.1 Å². The van der Waals surface area contributed by atoms with Crippen LogP contribution in [0.2, 0.25) is 0 Å². The van der Waals surface area contributed by atoms with Crippen LogP contribution in [0.3, 0.4) is 0 Å². The van der Waals surface area contributed by atoms with Gasteiger partial charge in [0, 0.05) is 108 Å². The van der Waals surface area contributed by atoms with Gasteiger partial charge in [-0.05, 0) is 229 Å². The number of nitrogens with zero attached hydrogens (tertiary/aromatic N) is 5. The fraction of sp³-hybridized carbons (Fsp3) is 0.304. The molecule has 11 aromatic rings. The molecule has 4 aromatic heterocycles. The number of primary sulfonamides is 1. The predicted octanol–water partition coefficient (Wildman–Crippen LogP) is 13.4. The number of aromatic nitrogens is 4. The maximum absolute atomic E-state index is 13.9. The van der Waals surface area contributed by atoms with E-state index in [9.17, 15) is 109 Å². The van der Waals surface area contributed by atoms with E-state index in [-0.39, 0.29) is 144 Å². The number of amidine groups is 1. The van der Waals surface area contributed by atoms with Gasteiger partial charge in [0.25, 0.3) is 10.0 Å². The molecule has 8 heterocycles. The van der Waals surface area contributed by atoms with Crippen molar-refractivity contribution in [1.82, 2.24) is 18.3 Å². The van der Waals surface area contributed by atoms with Gasteiger partial charge in [-0.15, -0.1) is 4.40 Å². The van der Waals surface area contributed by atoms with Gasteiger partial charge in [0.15, 0.2) is 47.3 Å². The molecule has 7 aromatic carbocycles. The number of carbonyl (C=O) groups is 8. The van der Waals surface area contributed by atoms with Crippen LogP contribution in [0.25, 0.3) is 11.5 Å². The van der Waals surface area contributed by atoms with Crippen LogP contribution in [-0.2, 0) is 161 Å². The van der Waals surface area contributed by atoms with E-state index < -0.39 is 138 Å². The zero-order valence-corrected chi connectivity index (χ0v) is 84.9. The van der Waals surface area contributed by atoms with Crippen LogP contribution in [-0.4, -0.2) is 190 Å². The SMILES string of the molecule is C.CCOC(=O)C(C(=O)OCC)C(=O)[C@](C)(Cc1ccc(F)cc1)n1cccc1.CCOC(=O)C1=C(O)c2cccn2[C@@](C)(Cc2ccc(F)cc2)C1=O.COC1CCC(OC)O1.CS(=O)(=O)Nc1ccc(N)c(S(N)(=O)=O)c1.C[C@](Cc1ccc(F)cc1)(C(=O)O)n1cccc1.C[C@](N)(Cc1ccc(F)cc1)C(=O)O.C[C@]1(Cc2ccc(F)cc2)C(=O)C(C2=NS(=O)(=O)c3cc(NS(C)(=O)=O)ccc3N2)=C(O)c2cccn21. The molecule has 37 nitrogen and oxygen atoms in total. The number of aliphatic carboxylic acids is 2. The van der Waals surface area contributed by atoms with Gasteiger partial charge in [-0.25, -0.2) is 61.9 Å². The number of sulfonamides is 4. The van der Waals surface area contributed by atoms with Gasteiger partial charge in [-0.2, -0.15) is 8.42 Å². The maximum atomic E-state index is 13.9. The minimum absolute atomic E-state index is 0. The van der Waals surface area contributed by atoms with Crippen molar-refractivity contribution in [3.8, 4) is 0 Å². The van der Waals surface area contributed by atoms with Crippen molar-refractivity contribution in [3.63, 3.8) is 0 Å². The minimum atomic E-state index is -4.39. The average Bonchev–Trinajstić information content (AvgIpc) is 1.45. The van der Waals surface area contributed by atoms with Gasteiger partial charge in [0.2, 0.25) is 36.0 Å². The summed E-state index contributed by atoms with van der Waals surface area (Å²) in [6, 6.07) is 49.8. The molecule has 46 heteroatoms. The fourth-order valence-corrected chi connectivity index (χ4v) is 18.7. The number of benzene rings is 7. The molecule has 1 saturated heterocycles. The summed E-state index contributed by atoms with van der Waals surface area (Å²) in [5.41, 5.74) is 8.51. The van der Waals surface area contributed by atoms with E-state index in [1.54, 1.807) is 215 Å². The number of hydrogen-bond acceptors (Lipinski definition) is 27. The molecule has 0 bridgehead atoms. The lowest BCUT2D eigenvalue weighted by Gasteiger charge is -2.37. The van der Waals surface area contributed by atoms with Gasteiger partial charge < -0.3 is 83.9 Å². The number of ketones is 3. The zero-order chi connectivity index (χ0) is 109. The number of rotatable bonds is 30. The Labute approximate surface area is 852 Å². The number of fused-ring (bicyclic) bond motifs is 3. The van der Waals surface area contributed by atoms with Crippen LogP contribution in [0.1, 0.15) is 115 Å². The smallest absolute Gasteiger partial charge is 0.345 e. The van der Waals surface area contributed by atoms with Gasteiger partial charge in [0.1, 0.15) is 77.7 Å². The lowest BCUT2D eigenvalue weighted by molar-refractivity contribution is -0.185. The number of carboxylic acid groups (broad SMARTS) is 2. The van der Waals surface area contributed by atoms with Crippen molar-refractivity contribution in [3.05, 3.63) is 323 Å². The van der Waals surface area contributed by atoms with Crippen molar-refractivity contribution >= 4 is 127 Å². The predicted molar refractivity (Wildman–Crippen MR) is 541 cm³/mol. The molecule has 0 radical (unpaired) electrons. The van der Waals surface area contributed by atoms with Crippen LogP contribution in [0.15, 0.2) is 269 Å². The third-order valence-electron chi connectivity index (χ3n) is 23.3. The monoisotopic (exact) mass is 2130 g/mol. The fourth-order valence-electron chi connectivity index (χ4n) is 15.8. The third kappa shape index (κ3) is 30.2. The number of nitrogens with one attached hydrogen (secondary N) is 3. The molecule has 4 aliphatic rings. The first-order valence-corrected chi connectivity index (χ1v) is 51.6. The largest absolute Gasteiger partial charge is 0.505 e. The maximum Gasteiger partial charge on any atom is 0.345 e. The minimum Gasteiger partial charge on any atom is -0.505 e. The second-order valence-electron chi connectivity index (χ2n) is 34.8. The number of Topliss-reactive ketones (excluding diaryl/α,β-unsaturated/α-hetero) is 3. The van der Waals surface area contributed by atoms with Crippen LogP contribution in [0.4, 0.5) is 44.7 Å². The summed E-state index contributed by atoms with van der Waals surface area (Å²) < 4.78 is 203. The number of nitrogens with two attached hydrogens (primary N) is 3. The molecule has 2 unspecified atom stereocenters. The van der Waals surface area contributed by atoms with E-state index in [1.807, 2.05) is 0 Å². The Kier molecular flexibility index (Phi) is 40.1. The Morgan fingerprint density at radius 2 is 0.912 bits per heavy atom. The highest BCUT2D eigenvalue weighted by Gasteiger charge is 2.51. The lowest BCUT2D eigenvalue weighted by Crippen LogP contribution is -2.49. The van der Waals surface area contributed by atoms with E-state index >= 15 is 0 Å². The Balaban J connectivity index is 0.000000218. The van der Waals surface area contributed by atoms with Crippen molar-refractivity contribution in [2.24, 2.45) is 21.2 Å². The average molecular weight is 2140 g/mol. The number of methoxy groups -OCH3 is 2. The summed E-state index contributed by atoms with van der Waals surface area (Å²) in [5, 5.41) is 47.3. The van der Waals surface area contributed by atoms with Crippen molar-refractivity contribution < 1.29 is 143 Å². The van der Waals surface area contributed by atoms with E-state index in [2.05, 4.69) is 19.2 Å². The summed E-state index contributed by atoms with van der Waals surface area (Å²) in [6.45, 7) is 13.0. The highest BCUT2D eigenvalue weighted by Crippen LogP contribution is 2.42. The number of aliphatic hydroxyl groups is 2. The second-order valence-corrected chi connectivity index (χ2v) is 41.4. The summed E-state index contributed by atoms with van der Waals surface area (Å²) in [7, 11) is -12.2. The van der Waals surface area contributed by atoms with Crippen molar-refractivity contribution in [2.75, 3.05) is 67.0 Å². The Morgan fingerprint density at radius 1 is 0.534 bits per heavy atom. The molecular formula is C102H116F5N11O26S4. The van der Waals surface area contributed by atoms with Gasteiger partial charge in [-0.3, -0.25) is 38.2 Å². The van der Waals surface area contributed by atoms with Crippen molar-refractivity contribution in [1.29, 1.82) is 0 Å². The Hall–Kier alpha value is -14.8. The molecular weight excluding hydrogens is 2020 g/mol. The molecule has 15 rings (SSSR count). The molecule has 0 amide bonds. The van der Waals surface area contributed by atoms with E-state index in [0.29, 0.717) is 28.8 Å². The van der Waals surface area contributed by atoms with Gasteiger partial charge in [0.05, 0.1) is 55.1 Å². The van der Waals surface area contributed by atoms with E-state index in [0.717, 1.165) is 48.6 Å². The van der Waals surface area contributed by atoms with Gasteiger partial charge >= 0.3 is 29.8 Å². The molecule has 7 atom stereocenters. The number of hydrogen-bond donors (Lipinski definition) is 10. The molecule has 0 aliphatic carbocycles.